The monoisotopic (exact) mass is 296 g/mol. The lowest BCUT2D eigenvalue weighted by Crippen LogP contribution is -2.06. The van der Waals surface area contributed by atoms with E-state index in [0.717, 1.165) is 15.8 Å². The molecule has 1 aromatic heterocycles. The predicted molar refractivity (Wildman–Crippen MR) is 74.9 cm³/mol. The second kappa shape index (κ2) is 4.89. The molecule has 1 unspecified atom stereocenters. The first-order valence-electron chi connectivity index (χ1n) is 5.02. The van der Waals surface area contributed by atoms with Crippen LogP contribution >= 0.6 is 27.3 Å². The summed E-state index contributed by atoms with van der Waals surface area (Å²) in [4.78, 5) is 1.31. The van der Waals surface area contributed by atoms with Crippen molar-refractivity contribution < 1.29 is 0 Å². The fraction of sp³-hybridized carbons (Fsp3) is 0.167. The summed E-state index contributed by atoms with van der Waals surface area (Å²) >= 11 is 5.14. The van der Waals surface area contributed by atoms with Crippen molar-refractivity contribution in [3.8, 4) is 0 Å². The minimum atomic E-state index is 0.281. The van der Waals surface area contributed by atoms with Crippen molar-refractivity contribution in [2.24, 2.45) is 0 Å². The van der Waals surface area contributed by atoms with Crippen LogP contribution in [-0.4, -0.2) is 0 Å². The van der Waals surface area contributed by atoms with Crippen LogP contribution in [0.3, 0.4) is 0 Å². The molecule has 0 bridgehead atoms. The molecule has 1 aromatic carbocycles. The Labute approximate surface area is 108 Å². The predicted octanol–water partition coefficient (Wildman–Crippen LogP) is 4.27. The average Bonchev–Trinajstić information content (AvgIpc) is 2.75. The fourth-order valence-electron chi connectivity index (χ4n) is 1.51. The number of benzene rings is 1. The van der Waals surface area contributed by atoms with E-state index >= 15 is 0 Å². The Balaban J connectivity index is 2.15. The highest BCUT2D eigenvalue weighted by molar-refractivity contribution is 9.10. The van der Waals surface area contributed by atoms with Crippen molar-refractivity contribution in [1.29, 1.82) is 0 Å². The molecule has 0 amide bonds. The number of hydrogen-bond acceptors (Lipinski definition) is 3. The van der Waals surface area contributed by atoms with Crippen LogP contribution in [0.4, 0.5) is 11.4 Å². The van der Waals surface area contributed by atoms with E-state index in [4.69, 9.17) is 5.73 Å². The van der Waals surface area contributed by atoms with Crippen LogP contribution in [0.1, 0.15) is 17.8 Å². The summed E-state index contributed by atoms with van der Waals surface area (Å²) in [7, 11) is 0. The molecular weight excluding hydrogens is 284 g/mol. The lowest BCUT2D eigenvalue weighted by molar-refractivity contribution is 0.909. The highest BCUT2D eigenvalue weighted by Gasteiger charge is 2.07. The molecule has 2 aromatic rings. The molecule has 2 nitrogen and oxygen atoms in total. The Morgan fingerprint density at radius 1 is 1.38 bits per heavy atom. The molecule has 0 saturated carbocycles. The van der Waals surface area contributed by atoms with Gasteiger partial charge in [-0.2, -0.15) is 0 Å². The summed E-state index contributed by atoms with van der Waals surface area (Å²) in [6.07, 6.45) is 0. The molecule has 0 saturated heterocycles. The first-order valence-corrected chi connectivity index (χ1v) is 6.69. The Hall–Kier alpha value is -1.00. The second-order valence-corrected chi connectivity index (χ2v) is 5.51. The quantitative estimate of drug-likeness (QED) is 0.830. The Morgan fingerprint density at radius 3 is 2.81 bits per heavy atom. The summed E-state index contributed by atoms with van der Waals surface area (Å²) < 4.78 is 0.999. The zero-order chi connectivity index (χ0) is 11.5. The topological polar surface area (TPSA) is 38.0 Å². The van der Waals surface area contributed by atoms with E-state index in [2.05, 4.69) is 45.7 Å². The molecule has 4 heteroatoms. The third kappa shape index (κ3) is 2.57. The van der Waals surface area contributed by atoms with Gasteiger partial charge in [-0.15, -0.1) is 11.3 Å². The van der Waals surface area contributed by atoms with Crippen LogP contribution in [-0.2, 0) is 0 Å². The third-order valence-corrected chi connectivity index (χ3v) is 3.90. The van der Waals surface area contributed by atoms with Gasteiger partial charge < -0.3 is 11.1 Å². The van der Waals surface area contributed by atoms with Crippen LogP contribution in [0.15, 0.2) is 40.2 Å². The SMILES string of the molecule is CC(Nc1ccc(Br)cc1N)c1cccs1. The van der Waals surface area contributed by atoms with E-state index in [1.165, 1.54) is 4.88 Å². The van der Waals surface area contributed by atoms with E-state index in [9.17, 15) is 0 Å². The van der Waals surface area contributed by atoms with Crippen molar-refractivity contribution >= 4 is 38.6 Å². The number of nitrogen functional groups attached to an aromatic ring is 1. The number of rotatable bonds is 3. The van der Waals surface area contributed by atoms with Gasteiger partial charge in [-0.25, -0.2) is 0 Å². The van der Waals surface area contributed by atoms with E-state index in [1.54, 1.807) is 11.3 Å². The molecule has 2 rings (SSSR count). The van der Waals surface area contributed by atoms with E-state index in [0.29, 0.717) is 0 Å². The lowest BCUT2D eigenvalue weighted by Gasteiger charge is -2.15. The van der Waals surface area contributed by atoms with Gasteiger partial charge in [0, 0.05) is 9.35 Å². The molecule has 0 aliphatic carbocycles. The number of thiophene rings is 1. The van der Waals surface area contributed by atoms with Gasteiger partial charge in [0.25, 0.3) is 0 Å². The minimum absolute atomic E-state index is 0.281. The Bertz CT molecular complexity index is 468. The van der Waals surface area contributed by atoms with Gasteiger partial charge >= 0.3 is 0 Å². The maximum atomic E-state index is 5.93. The molecule has 3 N–H and O–H groups in total. The van der Waals surface area contributed by atoms with Crippen molar-refractivity contribution in [3.05, 3.63) is 45.1 Å². The van der Waals surface area contributed by atoms with E-state index in [-0.39, 0.29) is 6.04 Å². The van der Waals surface area contributed by atoms with Crippen molar-refractivity contribution in [2.45, 2.75) is 13.0 Å². The van der Waals surface area contributed by atoms with Crippen molar-refractivity contribution in [3.63, 3.8) is 0 Å². The summed E-state index contributed by atoms with van der Waals surface area (Å²) in [5.41, 5.74) is 7.67. The average molecular weight is 297 g/mol. The van der Waals surface area contributed by atoms with Gasteiger partial charge in [0.2, 0.25) is 0 Å². The summed E-state index contributed by atoms with van der Waals surface area (Å²) in [5, 5.41) is 5.49. The van der Waals surface area contributed by atoms with Gasteiger partial charge in [-0.1, -0.05) is 22.0 Å². The molecular formula is C12H13BrN2S. The highest BCUT2D eigenvalue weighted by Crippen LogP contribution is 2.28. The first-order chi connectivity index (χ1) is 7.66. The van der Waals surface area contributed by atoms with Crippen LogP contribution < -0.4 is 11.1 Å². The summed E-state index contributed by atoms with van der Waals surface area (Å²) in [5.74, 6) is 0. The van der Waals surface area contributed by atoms with Crippen LogP contribution in [0.25, 0.3) is 0 Å². The van der Waals surface area contributed by atoms with Gasteiger partial charge in [-0.05, 0) is 36.6 Å². The molecule has 0 radical (unpaired) electrons. The van der Waals surface area contributed by atoms with Crippen LogP contribution in [0.5, 0.6) is 0 Å². The number of nitrogens with two attached hydrogens (primary N) is 1. The molecule has 0 spiro atoms. The maximum absolute atomic E-state index is 5.93. The number of nitrogens with one attached hydrogen (secondary N) is 1. The number of anilines is 2. The van der Waals surface area contributed by atoms with E-state index < -0.39 is 0 Å². The molecule has 1 atom stereocenters. The van der Waals surface area contributed by atoms with Gasteiger partial charge in [0.05, 0.1) is 17.4 Å². The molecule has 0 aliphatic heterocycles. The third-order valence-electron chi connectivity index (χ3n) is 2.36. The van der Waals surface area contributed by atoms with Crippen molar-refractivity contribution in [2.75, 3.05) is 11.1 Å². The molecule has 0 fully saturated rings. The van der Waals surface area contributed by atoms with E-state index in [1.807, 2.05) is 18.2 Å². The number of hydrogen-bond donors (Lipinski definition) is 2. The minimum Gasteiger partial charge on any atom is -0.397 e. The first kappa shape index (κ1) is 11.5. The lowest BCUT2D eigenvalue weighted by atomic mass is 10.2. The number of halogens is 1. The van der Waals surface area contributed by atoms with Crippen molar-refractivity contribution in [1.82, 2.24) is 0 Å². The molecule has 16 heavy (non-hydrogen) atoms. The summed E-state index contributed by atoms with van der Waals surface area (Å²) in [6, 6.07) is 10.3. The molecule has 0 aliphatic rings. The summed E-state index contributed by atoms with van der Waals surface area (Å²) in [6.45, 7) is 2.13. The second-order valence-electron chi connectivity index (χ2n) is 3.61. The van der Waals surface area contributed by atoms with Gasteiger partial charge in [0.1, 0.15) is 0 Å². The van der Waals surface area contributed by atoms with Gasteiger partial charge in [-0.3, -0.25) is 0 Å². The smallest absolute Gasteiger partial charge is 0.0579 e. The Morgan fingerprint density at radius 2 is 2.19 bits per heavy atom. The largest absolute Gasteiger partial charge is 0.397 e. The molecule has 84 valence electrons. The fourth-order valence-corrected chi connectivity index (χ4v) is 2.62. The standard InChI is InChI=1S/C12H13BrN2S/c1-8(12-3-2-6-16-12)15-11-5-4-9(13)7-10(11)14/h2-8,15H,14H2,1H3. The zero-order valence-electron chi connectivity index (χ0n) is 8.91. The molecule has 1 heterocycles. The highest BCUT2D eigenvalue weighted by atomic mass is 79.9. The Kier molecular flexibility index (Phi) is 3.51. The maximum Gasteiger partial charge on any atom is 0.0579 e. The van der Waals surface area contributed by atoms with Crippen LogP contribution in [0.2, 0.25) is 0 Å². The normalized spacial score (nSPS) is 12.4. The van der Waals surface area contributed by atoms with Crippen LogP contribution in [0, 0.1) is 0 Å². The zero-order valence-corrected chi connectivity index (χ0v) is 11.3. The van der Waals surface area contributed by atoms with Gasteiger partial charge in [0.15, 0.2) is 0 Å².